The van der Waals surface area contributed by atoms with Gasteiger partial charge in [0.15, 0.2) is 0 Å². The summed E-state index contributed by atoms with van der Waals surface area (Å²) >= 11 is 5.42. The van der Waals surface area contributed by atoms with Crippen molar-refractivity contribution in [3.63, 3.8) is 0 Å². The lowest BCUT2D eigenvalue weighted by Gasteiger charge is -2.20. The highest BCUT2D eigenvalue weighted by molar-refractivity contribution is 7.80. The Labute approximate surface area is 143 Å². The minimum atomic E-state index is 0.356. The molecule has 0 fully saturated rings. The SMILES string of the molecule is CCCCc1ccccc1OC(=S)N(C)c1cccc(OC)n1. The van der Waals surface area contributed by atoms with Gasteiger partial charge < -0.3 is 9.47 Å². The van der Waals surface area contributed by atoms with Crippen LogP contribution in [0.1, 0.15) is 25.3 Å². The van der Waals surface area contributed by atoms with Gasteiger partial charge in [-0.3, -0.25) is 4.90 Å². The summed E-state index contributed by atoms with van der Waals surface area (Å²) in [6.07, 6.45) is 3.25. The molecule has 1 aromatic carbocycles. The van der Waals surface area contributed by atoms with Crippen molar-refractivity contribution >= 4 is 23.2 Å². The fourth-order valence-electron chi connectivity index (χ4n) is 2.14. The molecule has 0 unspecified atom stereocenters. The largest absolute Gasteiger partial charge is 0.481 e. The number of methoxy groups -OCH3 is 1. The molecule has 0 bridgehead atoms. The maximum atomic E-state index is 5.91. The third-order valence-electron chi connectivity index (χ3n) is 3.51. The van der Waals surface area contributed by atoms with Gasteiger partial charge in [-0.1, -0.05) is 37.6 Å². The Morgan fingerprint density at radius 1 is 1.17 bits per heavy atom. The lowest BCUT2D eigenvalue weighted by Crippen LogP contribution is -2.30. The highest BCUT2D eigenvalue weighted by Gasteiger charge is 2.13. The van der Waals surface area contributed by atoms with Crippen LogP contribution in [0, 0.1) is 0 Å². The first-order chi connectivity index (χ1) is 11.2. The van der Waals surface area contributed by atoms with Crippen molar-refractivity contribution in [2.24, 2.45) is 0 Å². The minimum absolute atomic E-state index is 0.356. The van der Waals surface area contributed by atoms with E-state index in [2.05, 4.69) is 18.0 Å². The molecule has 4 nitrogen and oxygen atoms in total. The Bertz CT molecular complexity index is 661. The number of rotatable bonds is 6. The van der Waals surface area contributed by atoms with Gasteiger partial charge in [0.05, 0.1) is 7.11 Å². The van der Waals surface area contributed by atoms with Crippen LogP contribution < -0.4 is 14.4 Å². The van der Waals surface area contributed by atoms with Crippen LogP contribution in [-0.2, 0) is 6.42 Å². The Hall–Kier alpha value is -2.14. The Morgan fingerprint density at radius 2 is 1.96 bits per heavy atom. The fraction of sp³-hybridized carbons (Fsp3) is 0.333. The van der Waals surface area contributed by atoms with E-state index in [0.717, 1.165) is 25.0 Å². The van der Waals surface area contributed by atoms with Crippen molar-refractivity contribution in [3.05, 3.63) is 48.0 Å². The van der Waals surface area contributed by atoms with Gasteiger partial charge in [-0.05, 0) is 42.8 Å². The van der Waals surface area contributed by atoms with E-state index in [-0.39, 0.29) is 0 Å². The van der Waals surface area contributed by atoms with Crippen molar-refractivity contribution in [3.8, 4) is 11.6 Å². The molecule has 0 aliphatic carbocycles. The molecule has 0 atom stereocenters. The van der Waals surface area contributed by atoms with E-state index >= 15 is 0 Å². The molecule has 0 saturated heterocycles. The molecule has 0 aliphatic heterocycles. The Morgan fingerprint density at radius 3 is 2.70 bits per heavy atom. The molecule has 0 spiro atoms. The normalized spacial score (nSPS) is 10.2. The molecular formula is C18H22N2O2S. The van der Waals surface area contributed by atoms with E-state index in [1.807, 2.05) is 37.4 Å². The molecule has 122 valence electrons. The number of thiocarbonyl (C=S) groups is 1. The van der Waals surface area contributed by atoms with Crippen molar-refractivity contribution < 1.29 is 9.47 Å². The number of aryl methyl sites for hydroxylation is 1. The number of hydrogen-bond donors (Lipinski definition) is 0. The standard InChI is InChI=1S/C18H22N2O2S/c1-4-5-9-14-10-6-7-11-15(14)22-18(23)20(2)16-12-8-13-17(19-16)21-3/h6-8,10-13H,4-5,9H2,1-3H3. The monoisotopic (exact) mass is 330 g/mol. The lowest BCUT2D eigenvalue weighted by molar-refractivity contribution is 0.398. The Balaban J connectivity index is 2.12. The smallest absolute Gasteiger partial charge is 0.270 e. The van der Waals surface area contributed by atoms with Crippen LogP contribution in [0.4, 0.5) is 5.82 Å². The van der Waals surface area contributed by atoms with Crippen molar-refractivity contribution in [1.29, 1.82) is 0 Å². The molecule has 5 heteroatoms. The second kappa shape index (κ2) is 8.48. The third kappa shape index (κ3) is 4.66. The third-order valence-corrected chi connectivity index (χ3v) is 3.86. The Kier molecular flexibility index (Phi) is 6.35. The van der Waals surface area contributed by atoms with E-state index in [1.54, 1.807) is 18.1 Å². The summed E-state index contributed by atoms with van der Waals surface area (Å²) in [7, 11) is 3.42. The number of aromatic nitrogens is 1. The zero-order chi connectivity index (χ0) is 16.7. The average molecular weight is 330 g/mol. The van der Waals surface area contributed by atoms with E-state index < -0.39 is 0 Å². The van der Waals surface area contributed by atoms with Gasteiger partial charge in [0.25, 0.3) is 5.17 Å². The summed E-state index contributed by atoms with van der Waals surface area (Å²) in [5.41, 5.74) is 1.17. The molecule has 0 saturated carbocycles. The van der Waals surface area contributed by atoms with Gasteiger partial charge in [-0.2, -0.15) is 4.98 Å². The zero-order valence-electron chi connectivity index (χ0n) is 13.8. The molecule has 0 radical (unpaired) electrons. The summed E-state index contributed by atoms with van der Waals surface area (Å²) in [6, 6.07) is 13.5. The van der Waals surface area contributed by atoms with Crippen LogP contribution in [0.25, 0.3) is 0 Å². The molecule has 23 heavy (non-hydrogen) atoms. The lowest BCUT2D eigenvalue weighted by atomic mass is 10.1. The predicted octanol–water partition coefficient (Wildman–Crippen LogP) is 4.23. The second-order valence-electron chi connectivity index (χ2n) is 5.18. The van der Waals surface area contributed by atoms with Gasteiger partial charge in [0, 0.05) is 13.1 Å². The van der Waals surface area contributed by atoms with Crippen molar-refractivity contribution in [2.75, 3.05) is 19.1 Å². The average Bonchev–Trinajstić information content (AvgIpc) is 2.60. The van der Waals surface area contributed by atoms with Crippen LogP contribution in [-0.4, -0.2) is 24.3 Å². The first-order valence-corrected chi connectivity index (χ1v) is 8.11. The topological polar surface area (TPSA) is 34.6 Å². The molecule has 1 heterocycles. The maximum absolute atomic E-state index is 5.91. The first kappa shape index (κ1) is 17.2. The molecule has 2 rings (SSSR count). The molecule has 0 aliphatic rings. The van der Waals surface area contributed by atoms with Crippen LogP contribution in [0.3, 0.4) is 0 Å². The zero-order valence-corrected chi connectivity index (χ0v) is 14.6. The fourth-order valence-corrected chi connectivity index (χ4v) is 2.32. The number of pyridine rings is 1. The van der Waals surface area contributed by atoms with Crippen LogP contribution in [0.2, 0.25) is 0 Å². The summed E-state index contributed by atoms with van der Waals surface area (Å²) in [4.78, 5) is 6.09. The van der Waals surface area contributed by atoms with Gasteiger partial charge >= 0.3 is 0 Å². The van der Waals surface area contributed by atoms with Crippen molar-refractivity contribution in [2.45, 2.75) is 26.2 Å². The summed E-state index contributed by atoms with van der Waals surface area (Å²) in [5, 5.41) is 0.356. The number of unbranched alkanes of at least 4 members (excludes halogenated alkanes) is 1. The molecule has 0 amide bonds. The van der Waals surface area contributed by atoms with Crippen LogP contribution in [0.5, 0.6) is 11.6 Å². The van der Waals surface area contributed by atoms with Gasteiger partial charge in [-0.25, -0.2) is 0 Å². The summed E-state index contributed by atoms with van der Waals surface area (Å²) in [5.74, 6) is 2.03. The number of nitrogens with zero attached hydrogens (tertiary/aromatic N) is 2. The molecule has 2 aromatic rings. The number of benzene rings is 1. The molecule has 1 aromatic heterocycles. The maximum Gasteiger partial charge on any atom is 0.270 e. The van der Waals surface area contributed by atoms with Gasteiger partial charge in [0.2, 0.25) is 5.88 Å². The van der Waals surface area contributed by atoms with E-state index in [0.29, 0.717) is 16.9 Å². The first-order valence-electron chi connectivity index (χ1n) is 7.70. The quantitative estimate of drug-likeness (QED) is 0.740. The van der Waals surface area contributed by atoms with Gasteiger partial charge in [-0.15, -0.1) is 0 Å². The summed E-state index contributed by atoms with van der Waals surface area (Å²) < 4.78 is 11.1. The van der Waals surface area contributed by atoms with Gasteiger partial charge in [0.1, 0.15) is 11.6 Å². The van der Waals surface area contributed by atoms with E-state index in [9.17, 15) is 0 Å². The highest BCUT2D eigenvalue weighted by Crippen LogP contribution is 2.22. The van der Waals surface area contributed by atoms with Crippen LogP contribution >= 0.6 is 12.2 Å². The molecule has 0 N–H and O–H groups in total. The second-order valence-corrected chi connectivity index (χ2v) is 5.53. The molecular weight excluding hydrogens is 308 g/mol. The number of para-hydroxylation sites is 1. The van der Waals surface area contributed by atoms with E-state index in [1.165, 1.54) is 5.56 Å². The van der Waals surface area contributed by atoms with E-state index in [4.69, 9.17) is 21.7 Å². The van der Waals surface area contributed by atoms with Crippen LogP contribution in [0.15, 0.2) is 42.5 Å². The number of hydrogen-bond acceptors (Lipinski definition) is 4. The predicted molar refractivity (Wildman–Crippen MR) is 97.5 cm³/mol. The summed E-state index contributed by atoms with van der Waals surface area (Å²) in [6.45, 7) is 2.18. The van der Waals surface area contributed by atoms with Crippen molar-refractivity contribution in [1.82, 2.24) is 4.98 Å². The minimum Gasteiger partial charge on any atom is -0.481 e. The highest BCUT2D eigenvalue weighted by atomic mass is 32.1. The number of anilines is 1. The number of ether oxygens (including phenoxy) is 2.